The van der Waals surface area contributed by atoms with Crippen LogP contribution >= 0.6 is 0 Å². The molecule has 3 amide bonds. The highest BCUT2D eigenvalue weighted by molar-refractivity contribution is 6.23. The molecule has 4 aliphatic carbocycles. The molecule has 0 spiro atoms. The maximum Gasteiger partial charge on any atom is 0.257 e. The van der Waals surface area contributed by atoms with Gasteiger partial charge >= 0.3 is 0 Å². The van der Waals surface area contributed by atoms with Crippen LogP contribution in [0, 0.1) is 23.2 Å². The smallest absolute Gasteiger partial charge is 0.257 e. The minimum atomic E-state index is -0.784. The average molecular weight is 559 g/mol. The van der Waals surface area contributed by atoms with E-state index in [1.165, 1.54) is 24.2 Å². The molecule has 0 N–H and O–H groups in total. The molecule has 4 bridgehead atoms. The fraction of sp³-hybridized carbons (Fsp3) is 0.559. The lowest BCUT2D eigenvalue weighted by molar-refractivity contribution is -0.161. The first-order valence-corrected chi connectivity index (χ1v) is 15.2. The maximum absolute atomic E-state index is 14.6. The second-order valence-corrected chi connectivity index (χ2v) is 13.2. The van der Waals surface area contributed by atoms with E-state index in [2.05, 4.69) is 13.8 Å². The second kappa shape index (κ2) is 10.8. The van der Waals surface area contributed by atoms with Crippen LogP contribution in [-0.2, 0) is 20.8 Å². The summed E-state index contributed by atoms with van der Waals surface area (Å²) in [6, 6.07) is 12.6. The second-order valence-electron chi connectivity index (χ2n) is 13.2. The van der Waals surface area contributed by atoms with Gasteiger partial charge in [-0.05, 0) is 104 Å². The molecule has 7 rings (SSSR count). The van der Waals surface area contributed by atoms with Crippen molar-refractivity contribution in [1.29, 1.82) is 0 Å². The van der Waals surface area contributed by atoms with Crippen LogP contribution < -0.4 is 14.4 Å². The van der Waals surface area contributed by atoms with Gasteiger partial charge in [0.05, 0.1) is 31.7 Å². The van der Waals surface area contributed by atoms with Gasteiger partial charge in [0.25, 0.3) is 5.91 Å². The minimum Gasteiger partial charge on any atom is -0.493 e. The third-order valence-electron chi connectivity index (χ3n) is 10.2. The summed E-state index contributed by atoms with van der Waals surface area (Å²) in [4.78, 5) is 45.1. The molecule has 1 atom stereocenters. The summed E-state index contributed by atoms with van der Waals surface area (Å²) in [6.07, 6.45) is 7.03. The van der Waals surface area contributed by atoms with Gasteiger partial charge in [-0.1, -0.05) is 32.0 Å². The molecule has 1 unspecified atom stereocenters. The number of amides is 3. The molecule has 2 aromatic carbocycles. The summed E-state index contributed by atoms with van der Waals surface area (Å²) in [5, 5.41) is 0. The summed E-state index contributed by atoms with van der Waals surface area (Å²) >= 11 is 0. The number of carbonyl (C=O) groups is 3. The fourth-order valence-corrected chi connectivity index (χ4v) is 8.50. The fourth-order valence-electron chi connectivity index (χ4n) is 8.50. The predicted molar refractivity (Wildman–Crippen MR) is 157 cm³/mol. The van der Waals surface area contributed by atoms with Gasteiger partial charge < -0.3 is 14.4 Å². The Balaban J connectivity index is 1.29. The lowest BCUT2D eigenvalue weighted by atomic mass is 9.49. The number of rotatable bonds is 9. The van der Waals surface area contributed by atoms with E-state index in [1.807, 2.05) is 42.5 Å². The van der Waals surface area contributed by atoms with Crippen molar-refractivity contribution in [3.05, 3.63) is 53.6 Å². The summed E-state index contributed by atoms with van der Waals surface area (Å²) in [7, 11) is 3.21. The van der Waals surface area contributed by atoms with E-state index in [9.17, 15) is 14.4 Å². The lowest BCUT2D eigenvalue weighted by Crippen LogP contribution is -2.58. The number of hydrogen-bond donors (Lipinski definition) is 0. The number of ether oxygens (including phenoxy) is 2. The third kappa shape index (κ3) is 5.02. The van der Waals surface area contributed by atoms with E-state index >= 15 is 0 Å². The first-order valence-electron chi connectivity index (χ1n) is 15.2. The molecule has 218 valence electrons. The van der Waals surface area contributed by atoms with Crippen molar-refractivity contribution in [3.63, 3.8) is 0 Å². The number of nitrogens with zero attached hydrogens (tertiary/aromatic N) is 2. The monoisotopic (exact) mass is 558 g/mol. The molecule has 0 radical (unpaired) electrons. The van der Waals surface area contributed by atoms with E-state index in [1.54, 1.807) is 19.1 Å². The maximum atomic E-state index is 14.6. The summed E-state index contributed by atoms with van der Waals surface area (Å²) in [5.41, 5.74) is 2.32. The Kier molecular flexibility index (Phi) is 7.33. The van der Waals surface area contributed by atoms with Crippen LogP contribution in [0.2, 0.25) is 0 Å². The Hall–Kier alpha value is -3.35. The van der Waals surface area contributed by atoms with E-state index < -0.39 is 11.5 Å². The molecule has 7 nitrogen and oxygen atoms in total. The van der Waals surface area contributed by atoms with Gasteiger partial charge in [-0.2, -0.15) is 0 Å². The summed E-state index contributed by atoms with van der Waals surface area (Å²) in [6.45, 7) is 4.60. The van der Waals surface area contributed by atoms with Crippen molar-refractivity contribution in [2.75, 3.05) is 25.7 Å². The van der Waals surface area contributed by atoms with Crippen LogP contribution in [0.4, 0.5) is 5.69 Å². The Morgan fingerprint density at radius 3 is 2.10 bits per heavy atom. The van der Waals surface area contributed by atoms with E-state index in [0.717, 1.165) is 30.4 Å². The van der Waals surface area contributed by atoms with Crippen molar-refractivity contribution >= 4 is 23.4 Å². The minimum absolute atomic E-state index is 0.0226. The zero-order chi connectivity index (χ0) is 28.9. The first kappa shape index (κ1) is 27.8. The topological polar surface area (TPSA) is 76.2 Å². The number of benzene rings is 2. The first-order chi connectivity index (χ1) is 19.7. The normalized spacial score (nSPS) is 28.5. The molecule has 1 saturated heterocycles. The van der Waals surface area contributed by atoms with E-state index in [4.69, 9.17) is 9.47 Å². The highest BCUT2D eigenvalue weighted by Crippen LogP contribution is 2.60. The van der Waals surface area contributed by atoms with Gasteiger partial charge in [0, 0.05) is 6.54 Å². The van der Waals surface area contributed by atoms with Gasteiger partial charge in [-0.15, -0.1) is 0 Å². The molecule has 1 heterocycles. The summed E-state index contributed by atoms with van der Waals surface area (Å²) < 4.78 is 10.9. The largest absolute Gasteiger partial charge is 0.493 e. The Morgan fingerprint density at radius 2 is 1.54 bits per heavy atom. The third-order valence-corrected chi connectivity index (χ3v) is 10.2. The number of methoxy groups -OCH3 is 2. The number of imide groups is 1. The molecular weight excluding hydrogens is 516 g/mol. The van der Waals surface area contributed by atoms with Crippen molar-refractivity contribution in [1.82, 2.24) is 4.90 Å². The van der Waals surface area contributed by atoms with Crippen LogP contribution in [0.5, 0.6) is 11.5 Å². The SMILES string of the molecule is COc1ccc(CCN(C(=O)C23CC4CC(CC(C4)C2)C3)C2CC(=O)N(c3ccc(C(C)C)cc3)C2=O)cc1OC. The van der Waals surface area contributed by atoms with E-state index in [-0.39, 0.29) is 24.1 Å². The van der Waals surface area contributed by atoms with Crippen LogP contribution in [0.15, 0.2) is 42.5 Å². The number of hydrogen-bond acceptors (Lipinski definition) is 5. The molecule has 1 aliphatic heterocycles. The Bertz CT molecular complexity index is 1300. The molecule has 2 aromatic rings. The molecule has 5 aliphatic rings. The highest BCUT2D eigenvalue weighted by Gasteiger charge is 2.57. The highest BCUT2D eigenvalue weighted by atomic mass is 16.5. The van der Waals surface area contributed by atoms with Crippen molar-refractivity contribution < 1.29 is 23.9 Å². The average Bonchev–Trinajstić information content (AvgIpc) is 3.25. The lowest BCUT2D eigenvalue weighted by Gasteiger charge is -2.57. The van der Waals surface area contributed by atoms with E-state index in [0.29, 0.717) is 53.8 Å². The molecule has 7 heteroatoms. The zero-order valence-electron chi connectivity index (χ0n) is 24.7. The predicted octanol–water partition coefficient (Wildman–Crippen LogP) is 5.75. The van der Waals surface area contributed by atoms with Crippen LogP contribution in [0.1, 0.15) is 75.8 Å². The number of carbonyl (C=O) groups excluding carboxylic acids is 3. The van der Waals surface area contributed by atoms with Gasteiger partial charge in [0.1, 0.15) is 6.04 Å². The molecule has 0 aromatic heterocycles. The Morgan fingerprint density at radius 1 is 0.927 bits per heavy atom. The molecule has 5 fully saturated rings. The number of anilines is 1. The van der Waals surface area contributed by atoms with Crippen LogP contribution in [0.3, 0.4) is 0 Å². The van der Waals surface area contributed by atoms with Gasteiger partial charge in [0.15, 0.2) is 11.5 Å². The van der Waals surface area contributed by atoms with Crippen molar-refractivity contribution in [3.8, 4) is 11.5 Å². The van der Waals surface area contributed by atoms with Crippen LogP contribution in [0.25, 0.3) is 0 Å². The van der Waals surface area contributed by atoms with Crippen molar-refractivity contribution in [2.45, 2.75) is 77.2 Å². The van der Waals surface area contributed by atoms with Gasteiger partial charge in [-0.3, -0.25) is 14.4 Å². The summed E-state index contributed by atoms with van der Waals surface area (Å²) in [5.74, 6) is 3.00. The molecule has 4 saturated carbocycles. The van der Waals surface area contributed by atoms with Crippen molar-refractivity contribution in [2.24, 2.45) is 23.2 Å². The molecular formula is C34H42N2O5. The zero-order valence-corrected chi connectivity index (χ0v) is 24.7. The van der Waals surface area contributed by atoms with Gasteiger partial charge in [0.2, 0.25) is 11.8 Å². The van der Waals surface area contributed by atoms with Crippen LogP contribution in [-0.4, -0.2) is 49.4 Å². The Labute approximate surface area is 243 Å². The molecule has 41 heavy (non-hydrogen) atoms. The standard InChI is InChI=1S/C34H42N2O5/c1-21(2)26-6-8-27(9-7-26)36-31(37)17-28(32(36)38)35(12-11-22-5-10-29(40-3)30(16-22)41-4)33(39)34-18-23-13-24(19-34)15-25(14-23)20-34/h5-10,16,21,23-25,28H,11-15,17-20H2,1-4H3. The quantitative estimate of drug-likeness (QED) is 0.367. The van der Waals surface area contributed by atoms with Gasteiger partial charge in [-0.25, -0.2) is 4.90 Å².